The normalized spacial score (nSPS) is 11.4. The number of aromatic nitrogens is 3. The van der Waals surface area contributed by atoms with Gasteiger partial charge in [-0.05, 0) is 12.1 Å². The first-order chi connectivity index (χ1) is 8.05. The molecule has 0 amide bonds. The van der Waals surface area contributed by atoms with E-state index in [9.17, 15) is 8.42 Å². The average molecular weight is 254 g/mol. The van der Waals surface area contributed by atoms with Crippen LogP contribution < -0.4 is 9.88 Å². The third kappa shape index (κ3) is 3.02. The molecule has 3 N–H and O–H groups in total. The summed E-state index contributed by atoms with van der Waals surface area (Å²) in [7, 11) is -3.87. The van der Waals surface area contributed by atoms with Crippen molar-refractivity contribution in [1.29, 1.82) is 0 Å². The van der Waals surface area contributed by atoms with Crippen molar-refractivity contribution in [3.63, 3.8) is 0 Å². The maximum absolute atomic E-state index is 10.9. The summed E-state index contributed by atoms with van der Waals surface area (Å²) in [5.74, 6) is 0.943. The number of nitrogens with two attached hydrogens (primary N) is 1. The van der Waals surface area contributed by atoms with Crippen molar-refractivity contribution in [2.45, 2.75) is 11.8 Å². The van der Waals surface area contributed by atoms with Gasteiger partial charge in [0.25, 0.3) is 15.2 Å². The highest BCUT2D eigenvalue weighted by atomic mass is 32.2. The Morgan fingerprint density at radius 3 is 2.59 bits per heavy atom. The van der Waals surface area contributed by atoms with Crippen LogP contribution in [0.5, 0.6) is 5.75 Å². The number of benzene rings is 1. The first-order valence-corrected chi connectivity index (χ1v) is 6.22. The summed E-state index contributed by atoms with van der Waals surface area (Å²) in [6, 6.07) is 9.06. The Labute approximate surface area is 97.7 Å². The molecule has 0 radical (unpaired) electrons. The van der Waals surface area contributed by atoms with E-state index in [1.54, 1.807) is 12.1 Å². The van der Waals surface area contributed by atoms with Crippen LogP contribution in [-0.4, -0.2) is 23.6 Å². The zero-order valence-corrected chi connectivity index (χ0v) is 9.52. The van der Waals surface area contributed by atoms with Crippen LogP contribution >= 0.6 is 0 Å². The van der Waals surface area contributed by atoms with E-state index < -0.39 is 15.2 Å². The number of aromatic amines is 1. The van der Waals surface area contributed by atoms with E-state index in [2.05, 4.69) is 15.2 Å². The third-order valence-corrected chi connectivity index (χ3v) is 2.58. The third-order valence-electron chi connectivity index (χ3n) is 1.88. The van der Waals surface area contributed by atoms with Crippen LogP contribution in [0.1, 0.15) is 5.82 Å². The minimum Gasteiger partial charge on any atom is -0.486 e. The van der Waals surface area contributed by atoms with E-state index in [1.165, 1.54) is 0 Å². The Kier molecular flexibility index (Phi) is 3.07. The molecule has 0 aliphatic rings. The molecule has 2 rings (SSSR count). The number of nitrogens with zero attached hydrogens (tertiary/aromatic N) is 2. The topological polar surface area (TPSA) is 111 Å². The highest BCUT2D eigenvalue weighted by Crippen LogP contribution is 2.10. The zero-order chi connectivity index (χ0) is 12.3. The highest BCUT2D eigenvalue weighted by Gasteiger charge is 2.14. The van der Waals surface area contributed by atoms with Gasteiger partial charge in [0.05, 0.1) is 0 Å². The molecule has 1 aromatic heterocycles. The predicted octanol–water partition coefficient (Wildman–Crippen LogP) is 0.0311. The summed E-state index contributed by atoms with van der Waals surface area (Å²) in [5.41, 5.74) is 0. The van der Waals surface area contributed by atoms with Gasteiger partial charge in [0.1, 0.15) is 12.4 Å². The Morgan fingerprint density at radius 1 is 1.29 bits per heavy atom. The predicted molar refractivity (Wildman–Crippen MR) is 58.5 cm³/mol. The van der Waals surface area contributed by atoms with Gasteiger partial charge in [-0.15, -0.1) is 5.10 Å². The van der Waals surface area contributed by atoms with Crippen LogP contribution in [0.4, 0.5) is 0 Å². The molecule has 0 aliphatic heterocycles. The van der Waals surface area contributed by atoms with E-state index in [0.717, 1.165) is 0 Å². The minimum atomic E-state index is -3.87. The molecule has 0 saturated heterocycles. The fourth-order valence-corrected chi connectivity index (χ4v) is 1.55. The quantitative estimate of drug-likeness (QED) is 0.799. The van der Waals surface area contributed by atoms with E-state index in [1.807, 2.05) is 18.2 Å². The largest absolute Gasteiger partial charge is 0.486 e. The van der Waals surface area contributed by atoms with Crippen LogP contribution in [0.2, 0.25) is 0 Å². The van der Waals surface area contributed by atoms with Gasteiger partial charge < -0.3 is 4.74 Å². The van der Waals surface area contributed by atoms with Crippen LogP contribution in [-0.2, 0) is 16.6 Å². The summed E-state index contributed by atoms with van der Waals surface area (Å²) in [6.45, 7) is 0.0898. The van der Waals surface area contributed by atoms with Gasteiger partial charge in [-0.1, -0.05) is 18.2 Å². The van der Waals surface area contributed by atoms with E-state index in [-0.39, 0.29) is 12.4 Å². The van der Waals surface area contributed by atoms with Crippen LogP contribution in [0.15, 0.2) is 35.5 Å². The molecule has 0 aliphatic carbocycles. The molecule has 2 aromatic rings. The molecule has 17 heavy (non-hydrogen) atoms. The average Bonchev–Trinajstić information content (AvgIpc) is 2.76. The van der Waals surface area contributed by atoms with Crippen LogP contribution in [0.3, 0.4) is 0 Å². The number of sulfonamides is 1. The Hall–Kier alpha value is -1.93. The highest BCUT2D eigenvalue weighted by molar-refractivity contribution is 7.89. The molecule has 0 fully saturated rings. The lowest BCUT2D eigenvalue weighted by atomic mass is 10.3. The number of rotatable bonds is 4. The van der Waals surface area contributed by atoms with Crippen LogP contribution in [0, 0.1) is 0 Å². The minimum absolute atomic E-state index is 0.0898. The van der Waals surface area contributed by atoms with E-state index >= 15 is 0 Å². The zero-order valence-electron chi connectivity index (χ0n) is 8.70. The van der Waals surface area contributed by atoms with Crippen LogP contribution in [0.25, 0.3) is 0 Å². The second-order valence-corrected chi connectivity index (χ2v) is 4.67. The van der Waals surface area contributed by atoms with Gasteiger partial charge in [-0.25, -0.2) is 13.6 Å². The lowest BCUT2D eigenvalue weighted by molar-refractivity contribution is 0.296. The summed E-state index contributed by atoms with van der Waals surface area (Å²) in [6.07, 6.45) is 0. The monoisotopic (exact) mass is 254 g/mol. The smallest absolute Gasteiger partial charge is 0.282 e. The molecule has 0 saturated carbocycles. The van der Waals surface area contributed by atoms with Crippen molar-refractivity contribution in [3.05, 3.63) is 36.2 Å². The maximum atomic E-state index is 10.9. The molecule has 0 unspecified atom stereocenters. The summed E-state index contributed by atoms with van der Waals surface area (Å²) < 4.78 is 27.2. The molecule has 7 nitrogen and oxygen atoms in total. The lowest BCUT2D eigenvalue weighted by Gasteiger charge is -2.02. The Morgan fingerprint density at radius 2 is 2.00 bits per heavy atom. The number of primary sulfonamides is 1. The molecule has 1 aromatic carbocycles. The summed E-state index contributed by atoms with van der Waals surface area (Å²) >= 11 is 0. The van der Waals surface area contributed by atoms with Crippen molar-refractivity contribution >= 4 is 10.0 Å². The summed E-state index contributed by atoms with van der Waals surface area (Å²) in [5, 5.41) is 10.3. The number of H-pyrrole nitrogens is 1. The van der Waals surface area contributed by atoms with Gasteiger partial charge >= 0.3 is 0 Å². The number of hydrogen-bond acceptors (Lipinski definition) is 5. The molecular formula is C9H10N4O3S. The molecule has 90 valence electrons. The van der Waals surface area contributed by atoms with E-state index in [4.69, 9.17) is 9.88 Å². The first kappa shape index (κ1) is 11.6. The first-order valence-electron chi connectivity index (χ1n) is 4.67. The Balaban J connectivity index is 2.04. The van der Waals surface area contributed by atoms with Crippen molar-refractivity contribution in [1.82, 2.24) is 15.2 Å². The Bertz CT molecular complexity index is 594. The number of ether oxygens (including phenoxy) is 1. The standard InChI is InChI=1S/C9H10N4O3S/c10-17(14,15)9-11-8(12-13-9)6-16-7-4-2-1-3-5-7/h1-5H,6H2,(H2,10,14,15)(H,11,12,13). The van der Waals surface area contributed by atoms with Gasteiger partial charge in [0.15, 0.2) is 5.82 Å². The summed E-state index contributed by atoms with van der Waals surface area (Å²) in [4.78, 5) is 3.69. The SMILES string of the molecule is NS(=O)(=O)c1n[nH]c(COc2ccccc2)n1. The van der Waals surface area contributed by atoms with Gasteiger partial charge in [-0.2, -0.15) is 4.98 Å². The lowest BCUT2D eigenvalue weighted by Crippen LogP contribution is -2.14. The molecule has 0 spiro atoms. The van der Waals surface area contributed by atoms with Crippen molar-refractivity contribution < 1.29 is 13.2 Å². The van der Waals surface area contributed by atoms with Crippen molar-refractivity contribution in [2.24, 2.45) is 5.14 Å². The van der Waals surface area contributed by atoms with Gasteiger partial charge in [-0.3, -0.25) is 5.10 Å². The van der Waals surface area contributed by atoms with Crippen molar-refractivity contribution in [2.75, 3.05) is 0 Å². The van der Waals surface area contributed by atoms with E-state index in [0.29, 0.717) is 5.75 Å². The molecule has 0 atom stereocenters. The second-order valence-electron chi connectivity index (χ2n) is 3.21. The number of nitrogens with one attached hydrogen (secondary N) is 1. The maximum Gasteiger partial charge on any atom is 0.282 e. The number of hydrogen-bond donors (Lipinski definition) is 2. The fraction of sp³-hybridized carbons (Fsp3) is 0.111. The second kappa shape index (κ2) is 4.52. The molecular weight excluding hydrogens is 244 g/mol. The fourth-order valence-electron chi connectivity index (χ4n) is 1.14. The van der Waals surface area contributed by atoms with Crippen molar-refractivity contribution in [3.8, 4) is 5.75 Å². The number of para-hydroxylation sites is 1. The molecule has 0 bridgehead atoms. The molecule has 1 heterocycles. The molecule has 8 heteroatoms. The van der Waals surface area contributed by atoms with Gasteiger partial charge in [0.2, 0.25) is 0 Å². The van der Waals surface area contributed by atoms with Gasteiger partial charge in [0, 0.05) is 0 Å².